The van der Waals surface area contributed by atoms with E-state index in [9.17, 15) is 8.78 Å². The molecule has 0 amide bonds. The summed E-state index contributed by atoms with van der Waals surface area (Å²) in [4.78, 5) is 3.07. The Bertz CT molecular complexity index is 426. The lowest BCUT2D eigenvalue weighted by atomic mass is 10.2. The van der Waals surface area contributed by atoms with Gasteiger partial charge in [-0.25, -0.2) is 0 Å². The molecule has 1 nitrogen and oxygen atoms in total. The van der Waals surface area contributed by atoms with E-state index in [0.29, 0.717) is 10.8 Å². The zero-order chi connectivity index (χ0) is 8.55. The molecule has 0 fully saturated rings. The average molecular weight is 165 g/mol. The number of fused-ring (bicyclic) bond motifs is 1. The third kappa shape index (κ3) is 1.03. The van der Waals surface area contributed by atoms with Crippen molar-refractivity contribution in [2.75, 3.05) is 0 Å². The van der Waals surface area contributed by atoms with Crippen molar-refractivity contribution in [3.8, 4) is 0 Å². The molecule has 0 bridgehead atoms. The van der Waals surface area contributed by atoms with Gasteiger partial charge in [0.2, 0.25) is 11.9 Å². The Hall–Kier alpha value is -1.51. The van der Waals surface area contributed by atoms with Crippen molar-refractivity contribution in [3.05, 3.63) is 42.2 Å². The molecule has 1 heterocycles. The minimum absolute atomic E-state index is 0.346. The highest BCUT2D eigenvalue weighted by molar-refractivity contribution is 5.81. The van der Waals surface area contributed by atoms with Crippen LogP contribution in [0.1, 0.15) is 0 Å². The molecule has 2 rings (SSSR count). The van der Waals surface area contributed by atoms with Crippen LogP contribution < -0.4 is 0 Å². The molecule has 0 atom stereocenters. The molecule has 0 spiro atoms. The lowest BCUT2D eigenvalue weighted by molar-refractivity contribution is 0.522. The zero-order valence-electron chi connectivity index (χ0n) is 6.09. The summed E-state index contributed by atoms with van der Waals surface area (Å²) in [6, 6.07) is 7.82. The summed E-state index contributed by atoms with van der Waals surface area (Å²) >= 11 is 0. The van der Waals surface area contributed by atoms with E-state index in [0.717, 1.165) is 0 Å². The zero-order valence-corrected chi connectivity index (χ0v) is 6.09. The van der Waals surface area contributed by atoms with Gasteiger partial charge in [0.05, 0.1) is 0 Å². The predicted octanol–water partition coefficient (Wildman–Crippen LogP) is 2.51. The number of hydrogen-bond donors (Lipinski definition) is 0. The predicted molar refractivity (Wildman–Crippen MR) is 41.7 cm³/mol. The summed E-state index contributed by atoms with van der Waals surface area (Å²) in [5.74, 6) is -1.54. The fraction of sp³-hybridized carbons (Fsp3) is 0. The molecule has 0 aliphatic carbocycles. The minimum atomic E-state index is -0.786. The summed E-state index contributed by atoms with van der Waals surface area (Å²) in [5, 5.41) is 0.876. The molecule has 0 unspecified atom stereocenters. The van der Waals surface area contributed by atoms with Gasteiger partial charge in [-0.2, -0.15) is 13.8 Å². The number of nitrogens with zero attached hydrogens (tertiary/aromatic N) is 1. The summed E-state index contributed by atoms with van der Waals surface area (Å²) in [6.45, 7) is 0. The summed E-state index contributed by atoms with van der Waals surface area (Å²) in [6.07, 6.45) is 0. The molecule has 0 N–H and O–H groups in total. The van der Waals surface area contributed by atoms with E-state index in [1.165, 1.54) is 6.07 Å². The first-order valence-electron chi connectivity index (χ1n) is 3.48. The van der Waals surface area contributed by atoms with Gasteiger partial charge in [-0.05, 0) is 11.5 Å². The lowest BCUT2D eigenvalue weighted by Crippen LogP contribution is -1.89. The van der Waals surface area contributed by atoms with Gasteiger partial charge in [-0.15, -0.1) is 0 Å². The number of halogens is 2. The van der Waals surface area contributed by atoms with E-state index in [-0.39, 0.29) is 0 Å². The van der Waals surface area contributed by atoms with Crippen LogP contribution in [0.25, 0.3) is 10.8 Å². The topological polar surface area (TPSA) is 12.9 Å². The van der Waals surface area contributed by atoms with E-state index in [4.69, 9.17) is 0 Å². The molecule has 0 radical (unpaired) electrons. The number of pyridine rings is 1. The van der Waals surface area contributed by atoms with Crippen LogP contribution in [0.4, 0.5) is 8.78 Å². The van der Waals surface area contributed by atoms with Crippen LogP contribution in [0.15, 0.2) is 30.3 Å². The summed E-state index contributed by atoms with van der Waals surface area (Å²) in [5.41, 5.74) is 0. The third-order valence-corrected chi connectivity index (χ3v) is 1.66. The first-order chi connectivity index (χ1) is 5.77. The normalized spacial score (nSPS) is 10.5. The van der Waals surface area contributed by atoms with Crippen LogP contribution in [0.5, 0.6) is 0 Å². The summed E-state index contributed by atoms with van der Waals surface area (Å²) in [7, 11) is 0. The summed E-state index contributed by atoms with van der Waals surface area (Å²) < 4.78 is 25.4. The van der Waals surface area contributed by atoms with Crippen LogP contribution >= 0.6 is 0 Å². The molecule has 0 saturated carbocycles. The van der Waals surface area contributed by atoms with Gasteiger partial charge in [0.25, 0.3) is 0 Å². The highest BCUT2D eigenvalue weighted by Gasteiger charge is 2.02. The highest BCUT2D eigenvalue weighted by Crippen LogP contribution is 2.15. The molecule has 0 saturated heterocycles. The number of hydrogen-bond acceptors (Lipinski definition) is 1. The van der Waals surface area contributed by atoms with Crippen molar-refractivity contribution in [1.82, 2.24) is 4.98 Å². The van der Waals surface area contributed by atoms with Crippen LogP contribution in [0.2, 0.25) is 0 Å². The van der Waals surface area contributed by atoms with Crippen LogP contribution in [0, 0.1) is 11.9 Å². The molecular formula is C9H5F2N. The second kappa shape index (κ2) is 2.52. The number of rotatable bonds is 0. The van der Waals surface area contributed by atoms with E-state index in [1.54, 1.807) is 24.3 Å². The quantitative estimate of drug-likeness (QED) is 0.546. The Labute approximate surface area is 67.7 Å². The lowest BCUT2D eigenvalue weighted by Gasteiger charge is -1.96. The molecule has 1 aromatic carbocycles. The molecule has 2 aromatic rings. The number of aromatic nitrogens is 1. The van der Waals surface area contributed by atoms with Crippen molar-refractivity contribution in [1.29, 1.82) is 0 Å². The molecular weight excluding hydrogens is 160 g/mol. The van der Waals surface area contributed by atoms with Crippen molar-refractivity contribution >= 4 is 10.8 Å². The Morgan fingerprint density at radius 2 is 1.83 bits per heavy atom. The molecule has 3 heteroatoms. The van der Waals surface area contributed by atoms with Gasteiger partial charge < -0.3 is 0 Å². The van der Waals surface area contributed by atoms with Gasteiger partial charge in [0, 0.05) is 11.5 Å². The highest BCUT2D eigenvalue weighted by atomic mass is 19.1. The van der Waals surface area contributed by atoms with Crippen LogP contribution in [0.3, 0.4) is 0 Å². The van der Waals surface area contributed by atoms with E-state index in [1.807, 2.05) is 0 Å². The number of benzene rings is 1. The van der Waals surface area contributed by atoms with Gasteiger partial charge >= 0.3 is 0 Å². The SMILES string of the molecule is Fc1cc2ccccc2c(F)n1. The minimum Gasteiger partial charge on any atom is -0.190 e. The fourth-order valence-electron chi connectivity index (χ4n) is 1.13. The van der Waals surface area contributed by atoms with Crippen molar-refractivity contribution in [3.63, 3.8) is 0 Å². The van der Waals surface area contributed by atoms with E-state index >= 15 is 0 Å². The monoisotopic (exact) mass is 165 g/mol. The maximum absolute atomic E-state index is 12.9. The average Bonchev–Trinajstić information content (AvgIpc) is 2.04. The first kappa shape index (κ1) is 7.16. The van der Waals surface area contributed by atoms with E-state index < -0.39 is 11.9 Å². The smallest absolute Gasteiger partial charge is 0.190 e. The van der Waals surface area contributed by atoms with Crippen LogP contribution in [-0.2, 0) is 0 Å². The fourth-order valence-corrected chi connectivity index (χ4v) is 1.13. The first-order valence-corrected chi connectivity index (χ1v) is 3.48. The standard InChI is InChI=1S/C9H5F2N/c10-8-5-6-3-1-2-4-7(6)9(11)12-8/h1-5H. The Morgan fingerprint density at radius 1 is 1.08 bits per heavy atom. The maximum Gasteiger partial charge on any atom is 0.223 e. The second-order valence-electron chi connectivity index (χ2n) is 2.46. The van der Waals surface area contributed by atoms with Gasteiger partial charge in [-0.1, -0.05) is 18.2 Å². The van der Waals surface area contributed by atoms with Crippen molar-refractivity contribution in [2.24, 2.45) is 0 Å². The molecule has 0 aliphatic heterocycles. The Morgan fingerprint density at radius 3 is 2.67 bits per heavy atom. The van der Waals surface area contributed by atoms with Crippen LogP contribution in [-0.4, -0.2) is 4.98 Å². The molecule has 60 valence electrons. The second-order valence-corrected chi connectivity index (χ2v) is 2.46. The van der Waals surface area contributed by atoms with Gasteiger partial charge in [0.15, 0.2) is 0 Å². The maximum atomic E-state index is 12.9. The molecule has 0 aliphatic rings. The van der Waals surface area contributed by atoms with E-state index in [2.05, 4.69) is 4.98 Å². The van der Waals surface area contributed by atoms with Crippen molar-refractivity contribution < 1.29 is 8.78 Å². The Balaban J connectivity index is 2.89. The van der Waals surface area contributed by atoms with Gasteiger partial charge in [0.1, 0.15) is 0 Å². The van der Waals surface area contributed by atoms with Gasteiger partial charge in [-0.3, -0.25) is 0 Å². The molecule has 1 aromatic heterocycles. The largest absolute Gasteiger partial charge is 0.223 e. The van der Waals surface area contributed by atoms with Crippen molar-refractivity contribution in [2.45, 2.75) is 0 Å². The Kier molecular flexibility index (Phi) is 1.50. The third-order valence-electron chi connectivity index (χ3n) is 1.66. The molecule has 12 heavy (non-hydrogen) atoms.